The van der Waals surface area contributed by atoms with Crippen molar-refractivity contribution < 1.29 is 13.9 Å². The zero-order valence-electron chi connectivity index (χ0n) is 17.9. The van der Waals surface area contributed by atoms with Crippen LogP contribution in [0.1, 0.15) is 17.3 Å². The van der Waals surface area contributed by atoms with Gasteiger partial charge in [-0.05, 0) is 37.3 Å². The number of ketones is 1. The molecular weight excluding hydrogens is 422 g/mol. The number of aromatic nitrogens is 3. The van der Waals surface area contributed by atoms with Gasteiger partial charge < -0.3 is 19.4 Å². The molecule has 1 fully saturated rings. The molecule has 0 atom stereocenters. The number of benzene rings is 1. The molecule has 5 rings (SSSR count). The van der Waals surface area contributed by atoms with Gasteiger partial charge in [0.25, 0.3) is 0 Å². The lowest BCUT2D eigenvalue weighted by molar-refractivity contribution is 0.101. The Hall–Kier alpha value is -4.11. The van der Waals surface area contributed by atoms with Gasteiger partial charge in [-0.15, -0.1) is 0 Å². The zero-order valence-corrected chi connectivity index (χ0v) is 17.9. The van der Waals surface area contributed by atoms with E-state index in [1.54, 1.807) is 30.7 Å². The van der Waals surface area contributed by atoms with Crippen LogP contribution < -0.4 is 15.8 Å². The number of rotatable bonds is 5. The maximum absolute atomic E-state index is 12.7. The minimum Gasteiger partial charge on any atom is -0.422 e. The third-order valence-electron chi connectivity index (χ3n) is 5.43. The summed E-state index contributed by atoms with van der Waals surface area (Å²) in [6.07, 6.45) is 5.10. The molecule has 1 aromatic carbocycles. The third-order valence-corrected chi connectivity index (χ3v) is 5.43. The lowest BCUT2D eigenvalue weighted by Crippen LogP contribution is -2.38. The Morgan fingerprint density at radius 2 is 1.97 bits per heavy atom. The molecule has 3 aromatic heterocycles. The Morgan fingerprint density at radius 3 is 2.73 bits per heavy atom. The van der Waals surface area contributed by atoms with E-state index in [1.807, 2.05) is 29.2 Å². The number of anilines is 3. The fraction of sp³-hybridized carbons (Fsp3) is 0.208. The molecule has 9 nitrogen and oxygen atoms in total. The number of hydrogen-bond acceptors (Lipinski definition) is 9. The van der Waals surface area contributed by atoms with Crippen molar-refractivity contribution in [3.8, 4) is 11.3 Å². The number of nitrogens with one attached hydrogen (secondary N) is 1. The Morgan fingerprint density at radius 1 is 1.12 bits per heavy atom. The van der Waals surface area contributed by atoms with Crippen molar-refractivity contribution in [3.05, 3.63) is 71.0 Å². The molecular formula is C24H21N5O4. The Balaban J connectivity index is 1.54. The molecule has 9 heteroatoms. The summed E-state index contributed by atoms with van der Waals surface area (Å²) in [5, 5.41) is 3.85. The first-order valence-electron chi connectivity index (χ1n) is 10.5. The van der Waals surface area contributed by atoms with Crippen LogP contribution in [0.15, 0.2) is 64.2 Å². The van der Waals surface area contributed by atoms with E-state index in [-0.39, 0.29) is 11.3 Å². The summed E-state index contributed by atoms with van der Waals surface area (Å²) >= 11 is 0. The Bertz CT molecular complexity index is 1380. The van der Waals surface area contributed by atoms with E-state index in [0.29, 0.717) is 54.6 Å². The topological polar surface area (TPSA) is 110 Å². The normalized spacial score (nSPS) is 13.8. The molecule has 4 heterocycles. The number of morpholine rings is 1. The number of ether oxygens (including phenoxy) is 1. The van der Waals surface area contributed by atoms with Crippen LogP contribution in [0.3, 0.4) is 0 Å². The molecule has 1 saturated heterocycles. The van der Waals surface area contributed by atoms with Gasteiger partial charge in [-0.3, -0.25) is 9.78 Å². The van der Waals surface area contributed by atoms with Gasteiger partial charge >= 0.3 is 5.63 Å². The van der Waals surface area contributed by atoms with Gasteiger partial charge in [0, 0.05) is 54.4 Å². The minimum absolute atomic E-state index is 0.0672. The van der Waals surface area contributed by atoms with E-state index in [4.69, 9.17) is 9.15 Å². The van der Waals surface area contributed by atoms with Gasteiger partial charge in [-0.1, -0.05) is 0 Å². The highest BCUT2D eigenvalue weighted by molar-refractivity contribution is 6.07. The number of fused-ring (bicyclic) bond motifs is 1. The molecule has 0 saturated carbocycles. The fourth-order valence-electron chi connectivity index (χ4n) is 3.91. The highest BCUT2D eigenvalue weighted by Crippen LogP contribution is 2.32. The average Bonchev–Trinajstić information content (AvgIpc) is 2.84. The summed E-state index contributed by atoms with van der Waals surface area (Å²) in [6, 6.07) is 11.0. The quantitative estimate of drug-likeness (QED) is 0.366. The zero-order chi connectivity index (χ0) is 22.8. The lowest BCUT2D eigenvalue weighted by atomic mass is 10.1. The maximum Gasteiger partial charge on any atom is 0.349 e. The summed E-state index contributed by atoms with van der Waals surface area (Å²) in [5.74, 6) is 0.0711. The number of Topliss-reactive ketones (excluding diaryl/α,β-unsaturated/α-hetero) is 1. The van der Waals surface area contributed by atoms with Crippen molar-refractivity contribution in [1.82, 2.24) is 15.0 Å². The predicted octanol–water partition coefficient (Wildman–Crippen LogP) is 3.43. The van der Waals surface area contributed by atoms with E-state index in [2.05, 4.69) is 20.3 Å². The van der Waals surface area contributed by atoms with Crippen molar-refractivity contribution in [1.29, 1.82) is 0 Å². The summed E-state index contributed by atoms with van der Waals surface area (Å²) < 4.78 is 11.0. The molecule has 0 amide bonds. The van der Waals surface area contributed by atoms with E-state index in [1.165, 1.54) is 6.92 Å². The van der Waals surface area contributed by atoms with Gasteiger partial charge in [-0.25, -0.2) is 14.8 Å². The molecule has 1 aliphatic rings. The summed E-state index contributed by atoms with van der Waals surface area (Å²) in [4.78, 5) is 40.0. The molecule has 0 spiro atoms. The van der Waals surface area contributed by atoms with Crippen LogP contribution in [0, 0.1) is 0 Å². The molecule has 0 radical (unpaired) electrons. The van der Waals surface area contributed by atoms with Crippen LogP contribution in [-0.2, 0) is 4.74 Å². The van der Waals surface area contributed by atoms with Gasteiger partial charge in [0.1, 0.15) is 11.1 Å². The second kappa shape index (κ2) is 8.79. The Kier molecular flexibility index (Phi) is 5.54. The molecule has 1 aliphatic heterocycles. The molecule has 1 N–H and O–H groups in total. The van der Waals surface area contributed by atoms with E-state index in [9.17, 15) is 9.59 Å². The molecule has 0 bridgehead atoms. The number of carbonyl (C=O) groups excluding carboxylic acids is 1. The molecule has 0 aliphatic carbocycles. The highest BCUT2D eigenvalue weighted by atomic mass is 16.5. The first kappa shape index (κ1) is 20.8. The van der Waals surface area contributed by atoms with Crippen LogP contribution in [0.5, 0.6) is 0 Å². The summed E-state index contributed by atoms with van der Waals surface area (Å²) in [7, 11) is 0. The van der Waals surface area contributed by atoms with E-state index < -0.39 is 5.63 Å². The van der Waals surface area contributed by atoms with Crippen molar-refractivity contribution in [2.75, 3.05) is 36.5 Å². The lowest BCUT2D eigenvalue weighted by Gasteiger charge is -2.30. The second-order valence-electron chi connectivity index (χ2n) is 7.61. The Labute approximate surface area is 189 Å². The van der Waals surface area contributed by atoms with Gasteiger partial charge in [0.15, 0.2) is 5.78 Å². The van der Waals surface area contributed by atoms with E-state index in [0.717, 1.165) is 11.3 Å². The molecule has 33 heavy (non-hydrogen) atoms. The number of hydrogen-bond donors (Lipinski definition) is 1. The monoisotopic (exact) mass is 443 g/mol. The maximum atomic E-state index is 12.7. The third kappa shape index (κ3) is 4.18. The van der Waals surface area contributed by atoms with Crippen LogP contribution in [0.4, 0.5) is 17.3 Å². The standard InChI is InChI=1S/C24H21N5O4/c1-15(30)21-22(29-9-11-32-12-10-29)18-5-4-17(13-20(18)33-23(21)31)27-24-26-8-6-19(28-24)16-3-2-7-25-14-16/h2-8,13-14H,9-12H2,1H3,(H,26,27,28). The molecule has 4 aromatic rings. The van der Waals surface area contributed by atoms with Gasteiger partial charge in [0.2, 0.25) is 5.95 Å². The van der Waals surface area contributed by atoms with E-state index >= 15 is 0 Å². The number of nitrogens with zero attached hydrogens (tertiary/aromatic N) is 4. The van der Waals surface area contributed by atoms with Crippen molar-refractivity contribution in [3.63, 3.8) is 0 Å². The fourth-order valence-corrected chi connectivity index (χ4v) is 3.91. The van der Waals surface area contributed by atoms with Crippen LogP contribution >= 0.6 is 0 Å². The van der Waals surface area contributed by atoms with Gasteiger partial charge in [-0.2, -0.15) is 0 Å². The molecule has 166 valence electrons. The van der Waals surface area contributed by atoms with Gasteiger partial charge in [0.05, 0.1) is 24.6 Å². The smallest absolute Gasteiger partial charge is 0.349 e. The van der Waals surface area contributed by atoms with Crippen LogP contribution in [0.25, 0.3) is 22.2 Å². The van der Waals surface area contributed by atoms with Crippen LogP contribution in [0.2, 0.25) is 0 Å². The largest absolute Gasteiger partial charge is 0.422 e. The SMILES string of the molecule is CC(=O)c1c(N2CCOCC2)c2ccc(Nc3nccc(-c4cccnc4)n3)cc2oc1=O. The first-order valence-corrected chi connectivity index (χ1v) is 10.5. The average molecular weight is 443 g/mol. The predicted molar refractivity (Wildman–Crippen MR) is 124 cm³/mol. The summed E-state index contributed by atoms with van der Waals surface area (Å²) in [6.45, 7) is 3.62. The summed E-state index contributed by atoms with van der Waals surface area (Å²) in [5.41, 5.74) is 2.64. The number of carbonyl (C=O) groups is 1. The molecule has 0 unspecified atom stereocenters. The number of pyridine rings is 1. The van der Waals surface area contributed by atoms with Crippen molar-refractivity contribution in [2.45, 2.75) is 6.92 Å². The highest BCUT2D eigenvalue weighted by Gasteiger charge is 2.24. The van der Waals surface area contributed by atoms with Crippen molar-refractivity contribution >= 4 is 34.1 Å². The second-order valence-corrected chi connectivity index (χ2v) is 7.61. The first-order chi connectivity index (χ1) is 16.1. The van der Waals surface area contributed by atoms with Crippen molar-refractivity contribution in [2.24, 2.45) is 0 Å². The van der Waals surface area contributed by atoms with Crippen LogP contribution in [-0.4, -0.2) is 47.0 Å². The minimum atomic E-state index is -0.650.